The summed E-state index contributed by atoms with van der Waals surface area (Å²) in [6, 6.07) is 28.9. The van der Waals surface area contributed by atoms with Crippen molar-refractivity contribution in [2.75, 3.05) is 105 Å². The summed E-state index contributed by atoms with van der Waals surface area (Å²) in [6.45, 7) is 3.44. The molecule has 0 saturated heterocycles. The number of hydrogen-bond donors (Lipinski definition) is 4. The number of pyridine rings is 2. The van der Waals surface area contributed by atoms with Crippen LogP contribution in [0.3, 0.4) is 0 Å². The number of ether oxygens (including phenoxy) is 9. The van der Waals surface area contributed by atoms with Gasteiger partial charge in [0.15, 0.2) is 11.6 Å². The Morgan fingerprint density at radius 3 is 1.16 bits per heavy atom. The highest BCUT2D eigenvalue weighted by atomic mass is 16.6. The molecule has 0 saturated carbocycles. The van der Waals surface area contributed by atoms with Crippen molar-refractivity contribution in [2.45, 2.75) is 0 Å². The molecule has 0 fully saturated rings. The monoisotopic (exact) mass is 1050 g/mol. The standard InChI is InChI=1S/C56H56N6O15/c1-69-45-33-37(13-15-41(45)57)51(63)53-59-47(35-7-3-9-39(31-35)55(65)66)49-43(11-5-17-61(49)53)76-29-27-74-25-23-72-21-19-71-20-22-73-24-26-75-28-30-77-44-12-6-18-62-50(44)48(36-8-4-10-40(32-36)56(67)68)60-54(62)52(64)38-14-16-42(58)46(34-38)70-2/h3-18,31-34H,19-30,57-58H2,1-2H3,(H,65,66)(H,67,68). The molecule has 0 radical (unpaired) electrons. The molecule has 0 aliphatic carbocycles. The lowest BCUT2D eigenvalue weighted by Crippen LogP contribution is -2.15. The second-order valence-electron chi connectivity index (χ2n) is 16.9. The molecule has 0 bridgehead atoms. The van der Waals surface area contributed by atoms with Crippen LogP contribution in [0.2, 0.25) is 0 Å². The molecule has 0 spiro atoms. The van der Waals surface area contributed by atoms with Gasteiger partial charge in [-0.2, -0.15) is 0 Å². The molecule has 21 nitrogen and oxygen atoms in total. The molecule has 4 aromatic heterocycles. The Morgan fingerprint density at radius 2 is 0.805 bits per heavy atom. The number of carbonyl (C=O) groups excluding carboxylic acids is 2. The Morgan fingerprint density at radius 1 is 0.442 bits per heavy atom. The fourth-order valence-electron chi connectivity index (χ4n) is 8.14. The molecule has 0 aliphatic rings. The van der Waals surface area contributed by atoms with Crippen LogP contribution in [0.15, 0.2) is 122 Å². The fourth-order valence-corrected chi connectivity index (χ4v) is 8.14. The van der Waals surface area contributed by atoms with Crippen LogP contribution in [0.5, 0.6) is 23.0 Å². The van der Waals surface area contributed by atoms with Gasteiger partial charge >= 0.3 is 11.9 Å². The van der Waals surface area contributed by atoms with E-state index < -0.39 is 23.5 Å². The number of carbonyl (C=O) groups is 4. The molecular weight excluding hydrogens is 997 g/mol. The normalized spacial score (nSPS) is 11.2. The van der Waals surface area contributed by atoms with Crippen molar-refractivity contribution in [3.05, 3.63) is 155 Å². The van der Waals surface area contributed by atoms with Crippen molar-refractivity contribution in [3.8, 4) is 45.5 Å². The van der Waals surface area contributed by atoms with Gasteiger partial charge in [-0.1, -0.05) is 24.3 Å². The highest BCUT2D eigenvalue weighted by Crippen LogP contribution is 2.36. The number of carboxylic acids is 2. The Hall–Kier alpha value is -8.86. The molecule has 77 heavy (non-hydrogen) atoms. The molecule has 0 atom stereocenters. The van der Waals surface area contributed by atoms with E-state index >= 15 is 0 Å². The number of ketones is 2. The number of imidazole rings is 2. The number of nitrogens with zero attached hydrogens (tertiary/aromatic N) is 4. The number of hydrogen-bond acceptors (Lipinski definition) is 17. The number of aromatic nitrogens is 4. The predicted octanol–water partition coefficient (Wildman–Crippen LogP) is 6.90. The summed E-state index contributed by atoms with van der Waals surface area (Å²) < 4.78 is 54.5. The molecule has 400 valence electrons. The largest absolute Gasteiger partial charge is 0.495 e. The van der Waals surface area contributed by atoms with E-state index in [2.05, 4.69) is 0 Å². The molecule has 4 heterocycles. The zero-order valence-corrected chi connectivity index (χ0v) is 42.2. The third kappa shape index (κ3) is 13.2. The van der Waals surface area contributed by atoms with E-state index in [0.29, 0.717) is 132 Å². The van der Waals surface area contributed by atoms with Crippen LogP contribution >= 0.6 is 0 Å². The third-order valence-corrected chi connectivity index (χ3v) is 11.9. The van der Waals surface area contributed by atoms with Crippen molar-refractivity contribution in [1.29, 1.82) is 0 Å². The van der Waals surface area contributed by atoms with E-state index in [9.17, 15) is 29.4 Å². The Balaban J connectivity index is 0.730. The zero-order chi connectivity index (χ0) is 54.3. The number of methoxy groups -OCH3 is 2. The summed E-state index contributed by atoms with van der Waals surface area (Å²) in [4.78, 5) is 60.9. The first-order valence-electron chi connectivity index (χ1n) is 24.3. The van der Waals surface area contributed by atoms with Gasteiger partial charge in [0.2, 0.25) is 11.6 Å². The summed E-state index contributed by atoms with van der Waals surface area (Å²) in [6.07, 6.45) is 3.37. The Labute approximate surface area is 441 Å². The minimum Gasteiger partial charge on any atom is -0.495 e. The lowest BCUT2D eigenvalue weighted by atomic mass is 10.1. The van der Waals surface area contributed by atoms with Crippen molar-refractivity contribution in [3.63, 3.8) is 0 Å². The molecular formula is C56H56N6O15. The highest BCUT2D eigenvalue weighted by molar-refractivity contribution is 6.10. The van der Waals surface area contributed by atoms with Gasteiger partial charge in [0, 0.05) is 34.6 Å². The average molecular weight is 1050 g/mol. The van der Waals surface area contributed by atoms with E-state index in [1.54, 1.807) is 106 Å². The highest BCUT2D eigenvalue weighted by Gasteiger charge is 2.26. The minimum atomic E-state index is -1.10. The minimum absolute atomic E-state index is 0.0600. The number of rotatable bonds is 30. The summed E-state index contributed by atoms with van der Waals surface area (Å²) in [7, 11) is 2.92. The molecule has 0 amide bonds. The molecule has 0 aliphatic heterocycles. The van der Waals surface area contributed by atoms with Gasteiger partial charge in [-0.05, 0) is 84.9 Å². The van der Waals surface area contributed by atoms with Crippen molar-refractivity contribution >= 4 is 45.9 Å². The molecule has 6 N–H and O–H groups in total. The first-order valence-corrected chi connectivity index (χ1v) is 24.3. The quantitative estimate of drug-likeness (QED) is 0.0202. The number of fused-ring (bicyclic) bond motifs is 2. The van der Waals surface area contributed by atoms with Gasteiger partial charge in [0.1, 0.15) is 58.6 Å². The second kappa shape index (κ2) is 26.1. The summed E-state index contributed by atoms with van der Waals surface area (Å²) in [5, 5.41) is 19.4. The first kappa shape index (κ1) is 54.4. The maximum Gasteiger partial charge on any atom is 0.335 e. The molecule has 4 aromatic carbocycles. The summed E-state index contributed by atoms with van der Waals surface area (Å²) >= 11 is 0. The second-order valence-corrected chi connectivity index (χ2v) is 16.9. The SMILES string of the molecule is COc1cc(C(=O)c2nc(-c3cccc(C(=O)O)c3)c3c(OCCOCCOCCOCCOCCOCCOc4cccn5c(C(=O)c6ccc(N)c(OC)c6)nc(-c6cccc(C(=O)O)c6)c45)cccn23)ccc1N. The van der Waals surface area contributed by atoms with Crippen LogP contribution < -0.4 is 30.4 Å². The smallest absolute Gasteiger partial charge is 0.335 e. The lowest BCUT2D eigenvalue weighted by Gasteiger charge is -2.11. The molecule has 0 unspecified atom stereocenters. The van der Waals surface area contributed by atoms with E-state index in [0.717, 1.165) is 0 Å². The molecule has 8 aromatic rings. The van der Waals surface area contributed by atoms with Crippen LogP contribution in [0.1, 0.15) is 53.1 Å². The topological polar surface area (TPSA) is 278 Å². The number of carboxylic acid groups (broad SMARTS) is 2. The Bertz CT molecular complexity index is 3170. The van der Waals surface area contributed by atoms with Crippen LogP contribution in [-0.2, 0) is 23.7 Å². The lowest BCUT2D eigenvalue weighted by molar-refractivity contribution is -0.0141. The molecule has 8 rings (SSSR count). The number of benzene rings is 4. The van der Waals surface area contributed by atoms with Crippen LogP contribution in [0.25, 0.3) is 33.5 Å². The van der Waals surface area contributed by atoms with Crippen LogP contribution in [0.4, 0.5) is 11.4 Å². The number of nitrogen functional groups attached to an aromatic ring is 2. The zero-order valence-electron chi connectivity index (χ0n) is 42.2. The van der Waals surface area contributed by atoms with E-state index in [1.165, 1.54) is 38.5 Å². The van der Waals surface area contributed by atoms with Crippen molar-refractivity contribution in [1.82, 2.24) is 18.8 Å². The van der Waals surface area contributed by atoms with Gasteiger partial charge in [0.05, 0.1) is 103 Å². The van der Waals surface area contributed by atoms with Crippen LogP contribution in [-0.4, -0.2) is 146 Å². The van der Waals surface area contributed by atoms with Gasteiger partial charge in [0.25, 0.3) is 0 Å². The average Bonchev–Trinajstić information content (AvgIpc) is 4.08. The maximum atomic E-state index is 13.9. The third-order valence-electron chi connectivity index (χ3n) is 11.9. The fraction of sp³-hybridized carbons (Fsp3) is 0.250. The van der Waals surface area contributed by atoms with Crippen molar-refractivity contribution < 1.29 is 72.0 Å². The van der Waals surface area contributed by atoms with E-state index in [1.807, 2.05) is 0 Å². The van der Waals surface area contributed by atoms with Gasteiger partial charge < -0.3 is 64.3 Å². The van der Waals surface area contributed by atoms with Gasteiger partial charge in [-0.3, -0.25) is 18.4 Å². The van der Waals surface area contributed by atoms with Crippen LogP contribution in [0, 0.1) is 0 Å². The summed E-state index contributed by atoms with van der Waals surface area (Å²) in [5.41, 5.74) is 16.1. The van der Waals surface area contributed by atoms with Gasteiger partial charge in [-0.15, -0.1) is 0 Å². The van der Waals surface area contributed by atoms with Crippen molar-refractivity contribution in [2.24, 2.45) is 0 Å². The molecule has 21 heteroatoms. The number of anilines is 2. The maximum absolute atomic E-state index is 13.9. The predicted molar refractivity (Wildman–Crippen MR) is 282 cm³/mol. The Kier molecular flexibility index (Phi) is 18.4. The first-order chi connectivity index (χ1) is 37.5. The number of aromatic carboxylic acids is 2. The van der Waals surface area contributed by atoms with E-state index in [4.69, 9.17) is 64.1 Å². The van der Waals surface area contributed by atoms with E-state index in [-0.39, 0.29) is 49.2 Å². The number of nitrogens with two attached hydrogens (primary N) is 2. The summed E-state index contributed by atoms with van der Waals surface area (Å²) in [5.74, 6) is -1.35. The van der Waals surface area contributed by atoms with Gasteiger partial charge in [-0.25, -0.2) is 19.6 Å².